The Bertz CT molecular complexity index is 377. The van der Waals surface area contributed by atoms with Gasteiger partial charge in [0.05, 0.1) is 5.69 Å². The molecule has 0 atom stereocenters. The molecule has 0 bridgehead atoms. The molecule has 5 heteroatoms. The summed E-state index contributed by atoms with van der Waals surface area (Å²) >= 11 is 0. The van der Waals surface area contributed by atoms with E-state index in [0.29, 0.717) is 0 Å². The maximum Gasteiger partial charge on any atom is 0.223 e. The van der Waals surface area contributed by atoms with Gasteiger partial charge in [-0.25, -0.2) is 4.99 Å². The van der Waals surface area contributed by atoms with Gasteiger partial charge in [0.25, 0.3) is 0 Å². The van der Waals surface area contributed by atoms with Crippen LogP contribution in [0.2, 0.25) is 0 Å². The number of nitrogens with two attached hydrogens (primary N) is 3. The summed E-state index contributed by atoms with van der Waals surface area (Å²) in [5.74, 6) is -0.0468. The normalized spacial score (nSPS) is 11.1. The van der Waals surface area contributed by atoms with E-state index in [9.17, 15) is 0 Å². The van der Waals surface area contributed by atoms with Crippen LogP contribution in [0.5, 0.6) is 0 Å². The lowest BCUT2D eigenvalue weighted by Crippen LogP contribution is -2.26. The Morgan fingerprint density at radius 2 is 1.93 bits per heavy atom. The molecule has 0 amide bonds. The highest BCUT2D eigenvalue weighted by atomic mass is 15.1. The number of hydrogen-bond donors (Lipinski definition) is 3. The molecule has 0 aromatic heterocycles. The zero-order chi connectivity index (χ0) is 10.6. The van der Waals surface area contributed by atoms with Gasteiger partial charge in [0.1, 0.15) is 0 Å². The predicted octanol–water partition coefficient (Wildman–Crippen LogP) is 0.215. The molecule has 0 radical (unpaired) electrons. The van der Waals surface area contributed by atoms with Gasteiger partial charge in [-0.3, -0.25) is 0 Å². The van der Waals surface area contributed by atoms with E-state index in [-0.39, 0.29) is 11.9 Å². The lowest BCUT2D eigenvalue weighted by atomic mass is 10.2. The zero-order valence-corrected chi connectivity index (χ0v) is 7.94. The topological polar surface area (TPSA) is 103 Å². The molecule has 0 aliphatic carbocycles. The Morgan fingerprint density at radius 3 is 2.50 bits per heavy atom. The third kappa shape index (κ3) is 3.14. The van der Waals surface area contributed by atoms with E-state index in [2.05, 4.69) is 9.98 Å². The van der Waals surface area contributed by atoms with Crippen molar-refractivity contribution in [2.24, 2.45) is 27.2 Å². The van der Waals surface area contributed by atoms with Gasteiger partial charge in [-0.1, -0.05) is 12.1 Å². The molecule has 1 aromatic carbocycles. The summed E-state index contributed by atoms with van der Waals surface area (Å²) in [6.07, 6.45) is 0. The van der Waals surface area contributed by atoms with Crippen molar-refractivity contribution in [1.29, 1.82) is 0 Å². The molecule has 0 aliphatic heterocycles. The molecule has 6 N–H and O–H groups in total. The van der Waals surface area contributed by atoms with Gasteiger partial charge < -0.3 is 17.2 Å². The summed E-state index contributed by atoms with van der Waals surface area (Å²) in [4.78, 5) is 7.61. The van der Waals surface area contributed by atoms with Crippen LogP contribution in [0.25, 0.3) is 0 Å². The number of nitrogens with zero attached hydrogens (tertiary/aromatic N) is 2. The minimum absolute atomic E-state index is 0.0515. The van der Waals surface area contributed by atoms with Crippen LogP contribution in [-0.4, -0.2) is 11.9 Å². The van der Waals surface area contributed by atoms with Crippen molar-refractivity contribution in [3.05, 3.63) is 29.8 Å². The second kappa shape index (κ2) is 4.27. The average molecular weight is 191 g/mol. The highest BCUT2D eigenvalue weighted by molar-refractivity contribution is 5.93. The van der Waals surface area contributed by atoms with Crippen molar-refractivity contribution in [3.8, 4) is 0 Å². The van der Waals surface area contributed by atoms with Crippen LogP contribution >= 0.6 is 0 Å². The number of guanidine groups is 2. The van der Waals surface area contributed by atoms with Crippen LogP contribution in [-0.2, 0) is 0 Å². The summed E-state index contributed by atoms with van der Waals surface area (Å²) in [7, 11) is 0. The lowest BCUT2D eigenvalue weighted by Gasteiger charge is -1.96. The second-order valence-corrected chi connectivity index (χ2v) is 2.85. The first-order chi connectivity index (χ1) is 6.58. The van der Waals surface area contributed by atoms with Gasteiger partial charge in [0, 0.05) is 0 Å². The van der Waals surface area contributed by atoms with Crippen LogP contribution in [0.4, 0.5) is 5.69 Å². The summed E-state index contributed by atoms with van der Waals surface area (Å²) in [6, 6.07) is 7.56. The first kappa shape index (κ1) is 10.0. The van der Waals surface area contributed by atoms with Crippen LogP contribution in [0.1, 0.15) is 5.56 Å². The Hall–Kier alpha value is -2.04. The Kier molecular flexibility index (Phi) is 3.06. The van der Waals surface area contributed by atoms with Gasteiger partial charge in [-0.05, 0) is 24.6 Å². The maximum atomic E-state index is 5.46. The summed E-state index contributed by atoms with van der Waals surface area (Å²) in [5, 5.41) is 0. The van der Waals surface area contributed by atoms with E-state index < -0.39 is 0 Å². The fraction of sp³-hybridized carbons (Fsp3) is 0.111. The third-order valence-electron chi connectivity index (χ3n) is 1.49. The van der Waals surface area contributed by atoms with Gasteiger partial charge in [-0.15, -0.1) is 0 Å². The van der Waals surface area contributed by atoms with Gasteiger partial charge in [0.15, 0.2) is 5.96 Å². The fourth-order valence-corrected chi connectivity index (χ4v) is 0.987. The van der Waals surface area contributed by atoms with E-state index in [0.717, 1.165) is 11.3 Å². The summed E-state index contributed by atoms with van der Waals surface area (Å²) in [6.45, 7) is 1.97. The fourth-order valence-electron chi connectivity index (χ4n) is 0.987. The minimum atomic E-state index is -0.0982. The Morgan fingerprint density at radius 1 is 1.21 bits per heavy atom. The van der Waals surface area contributed by atoms with E-state index >= 15 is 0 Å². The third-order valence-corrected chi connectivity index (χ3v) is 1.49. The van der Waals surface area contributed by atoms with E-state index in [4.69, 9.17) is 17.2 Å². The monoisotopic (exact) mass is 191 g/mol. The number of rotatable bonds is 1. The molecule has 5 nitrogen and oxygen atoms in total. The van der Waals surface area contributed by atoms with Crippen LogP contribution in [0.15, 0.2) is 34.3 Å². The smallest absolute Gasteiger partial charge is 0.223 e. The van der Waals surface area contributed by atoms with E-state index in [1.807, 2.05) is 31.2 Å². The quantitative estimate of drug-likeness (QED) is 0.436. The molecule has 0 saturated heterocycles. The standard InChI is InChI=1S/C9H13N5/c1-6-3-2-4-7(5-6)13-9(12)14-8(10)11/h2-5H,1H3,(H6,10,11,12,13,14). The molecule has 14 heavy (non-hydrogen) atoms. The second-order valence-electron chi connectivity index (χ2n) is 2.85. The lowest BCUT2D eigenvalue weighted by molar-refractivity contribution is 1.36. The largest absolute Gasteiger partial charge is 0.370 e. The van der Waals surface area contributed by atoms with Gasteiger partial charge in [-0.2, -0.15) is 4.99 Å². The molecular formula is C9H13N5. The predicted molar refractivity (Wildman–Crippen MR) is 58.3 cm³/mol. The van der Waals surface area contributed by atoms with Crippen molar-refractivity contribution < 1.29 is 0 Å². The first-order valence-corrected chi connectivity index (χ1v) is 4.08. The number of hydrogen-bond acceptors (Lipinski definition) is 1. The summed E-state index contributed by atoms with van der Waals surface area (Å²) < 4.78 is 0. The molecule has 0 heterocycles. The zero-order valence-electron chi connectivity index (χ0n) is 7.94. The molecule has 1 rings (SSSR count). The molecular weight excluding hydrogens is 178 g/mol. The highest BCUT2D eigenvalue weighted by Crippen LogP contribution is 2.12. The van der Waals surface area contributed by atoms with Crippen LogP contribution < -0.4 is 17.2 Å². The van der Waals surface area contributed by atoms with Crippen molar-refractivity contribution in [2.45, 2.75) is 6.92 Å². The van der Waals surface area contributed by atoms with Crippen molar-refractivity contribution >= 4 is 17.6 Å². The average Bonchev–Trinajstić information content (AvgIpc) is 2.01. The molecule has 74 valence electrons. The van der Waals surface area contributed by atoms with E-state index in [1.165, 1.54) is 0 Å². The SMILES string of the molecule is Cc1cccc(N=C(N)N=C(N)N)c1. The first-order valence-electron chi connectivity index (χ1n) is 4.08. The van der Waals surface area contributed by atoms with Gasteiger partial charge in [0.2, 0.25) is 5.96 Å². The number of aliphatic imine (C=N–C) groups is 2. The maximum absolute atomic E-state index is 5.46. The minimum Gasteiger partial charge on any atom is -0.370 e. The molecule has 0 unspecified atom stereocenters. The van der Waals surface area contributed by atoms with Gasteiger partial charge >= 0.3 is 0 Å². The van der Waals surface area contributed by atoms with E-state index in [1.54, 1.807) is 0 Å². The number of aryl methyl sites for hydroxylation is 1. The van der Waals surface area contributed by atoms with Crippen molar-refractivity contribution in [1.82, 2.24) is 0 Å². The summed E-state index contributed by atoms with van der Waals surface area (Å²) in [5.41, 5.74) is 17.6. The van der Waals surface area contributed by atoms with Crippen LogP contribution in [0, 0.1) is 6.92 Å². The Labute approximate surface area is 82.3 Å². The molecule has 1 aromatic rings. The molecule has 0 spiro atoms. The molecule has 0 fully saturated rings. The van der Waals surface area contributed by atoms with Crippen LogP contribution in [0.3, 0.4) is 0 Å². The van der Waals surface area contributed by atoms with Crippen molar-refractivity contribution in [3.63, 3.8) is 0 Å². The molecule has 0 saturated carbocycles. The highest BCUT2D eigenvalue weighted by Gasteiger charge is 1.92. The van der Waals surface area contributed by atoms with Crippen molar-refractivity contribution in [2.75, 3.05) is 0 Å². The Balaban J connectivity index is 2.92. The number of benzene rings is 1. The molecule has 0 aliphatic rings.